The first-order chi connectivity index (χ1) is 18.3. The smallest absolute Gasteiger partial charge is 0.268 e. The summed E-state index contributed by atoms with van der Waals surface area (Å²) in [6.07, 6.45) is 1.38. The number of thioether (sulfide) groups is 1. The van der Waals surface area contributed by atoms with Crippen molar-refractivity contribution in [2.45, 2.75) is 16.6 Å². The van der Waals surface area contributed by atoms with E-state index in [0.29, 0.717) is 28.2 Å². The first-order valence-electron chi connectivity index (χ1n) is 10.8. The van der Waals surface area contributed by atoms with Gasteiger partial charge in [0.1, 0.15) is 5.82 Å². The molecule has 0 spiro atoms. The van der Waals surface area contributed by atoms with Crippen LogP contribution in [0.15, 0.2) is 81.7 Å². The molecule has 0 unspecified atom stereocenters. The molecular formula is C24H14ClFN6O4S2. The highest BCUT2D eigenvalue weighted by Crippen LogP contribution is 2.38. The number of tetrazole rings is 1. The van der Waals surface area contributed by atoms with E-state index in [9.17, 15) is 24.1 Å². The van der Waals surface area contributed by atoms with Gasteiger partial charge >= 0.3 is 0 Å². The second-order valence-corrected chi connectivity index (χ2v) is 10.2. The molecule has 3 aromatic carbocycles. The zero-order chi connectivity index (χ0) is 26.8. The number of carbonyl (C=O) groups excluding carboxylic acids is 2. The standard InChI is InChI=1S/C24H14ClFN6O4S2/c25-17-7-4-8-18(26)16(17)13-30-22(33)21(38-24(30)34)12-14-9-10-20(19(11-14)32(35)36)37-23-27-28-29-31(23)15-5-2-1-3-6-15/h1-12H,13H2/b21-12-. The zero-order valence-electron chi connectivity index (χ0n) is 19.0. The third-order valence-corrected chi connectivity index (χ3v) is 7.64. The molecule has 1 fully saturated rings. The summed E-state index contributed by atoms with van der Waals surface area (Å²) in [5, 5.41) is 23.3. The van der Waals surface area contributed by atoms with Crippen LogP contribution in [0, 0.1) is 15.9 Å². The molecule has 2 heterocycles. The minimum absolute atomic E-state index is 0.0209. The molecule has 1 aromatic heterocycles. The molecule has 0 saturated carbocycles. The van der Waals surface area contributed by atoms with Crippen LogP contribution < -0.4 is 0 Å². The number of nitro groups is 1. The predicted octanol–water partition coefficient (Wildman–Crippen LogP) is 5.75. The van der Waals surface area contributed by atoms with Gasteiger partial charge in [-0.25, -0.2) is 4.39 Å². The van der Waals surface area contributed by atoms with E-state index in [1.165, 1.54) is 41.1 Å². The van der Waals surface area contributed by atoms with Crippen LogP contribution in [0.25, 0.3) is 11.8 Å². The average molecular weight is 569 g/mol. The van der Waals surface area contributed by atoms with Crippen LogP contribution in [0.4, 0.5) is 14.9 Å². The van der Waals surface area contributed by atoms with Gasteiger partial charge in [0.05, 0.1) is 27.0 Å². The molecule has 0 bridgehead atoms. The Labute approximate surface area is 227 Å². The lowest BCUT2D eigenvalue weighted by atomic mass is 10.1. The van der Waals surface area contributed by atoms with Gasteiger partial charge < -0.3 is 0 Å². The fourth-order valence-corrected chi connectivity index (χ4v) is 5.49. The predicted molar refractivity (Wildman–Crippen MR) is 139 cm³/mol. The number of nitro benzene ring substituents is 1. The van der Waals surface area contributed by atoms with Crippen LogP contribution in [-0.4, -0.2) is 41.2 Å². The minimum atomic E-state index is -0.650. The number of imide groups is 1. The number of hydrogen-bond acceptors (Lipinski definition) is 9. The van der Waals surface area contributed by atoms with E-state index in [-0.39, 0.29) is 32.6 Å². The Morgan fingerprint density at radius 1 is 1.11 bits per heavy atom. The van der Waals surface area contributed by atoms with Crippen molar-refractivity contribution in [2.75, 3.05) is 0 Å². The number of hydrogen-bond donors (Lipinski definition) is 0. The maximum absolute atomic E-state index is 14.2. The molecule has 14 heteroatoms. The quantitative estimate of drug-likeness (QED) is 0.156. The van der Waals surface area contributed by atoms with Gasteiger partial charge in [0.15, 0.2) is 0 Å². The first kappa shape index (κ1) is 25.6. The van der Waals surface area contributed by atoms with Gasteiger partial charge in [-0.15, -0.1) is 5.10 Å². The van der Waals surface area contributed by atoms with Gasteiger partial charge in [-0.2, -0.15) is 4.68 Å². The highest BCUT2D eigenvalue weighted by molar-refractivity contribution is 8.18. The topological polar surface area (TPSA) is 124 Å². The van der Waals surface area contributed by atoms with Crippen LogP contribution >= 0.6 is 35.1 Å². The first-order valence-corrected chi connectivity index (χ1v) is 12.8. The minimum Gasteiger partial charge on any atom is -0.268 e. The van der Waals surface area contributed by atoms with Gasteiger partial charge in [0.25, 0.3) is 16.8 Å². The van der Waals surface area contributed by atoms with Gasteiger partial charge in [0.2, 0.25) is 5.16 Å². The molecule has 38 heavy (non-hydrogen) atoms. The van der Waals surface area contributed by atoms with E-state index < -0.39 is 21.9 Å². The van der Waals surface area contributed by atoms with Crippen molar-refractivity contribution in [1.82, 2.24) is 25.1 Å². The number of nitrogens with zero attached hydrogens (tertiary/aromatic N) is 6. The van der Waals surface area contributed by atoms with Crippen molar-refractivity contribution in [3.63, 3.8) is 0 Å². The summed E-state index contributed by atoms with van der Waals surface area (Å²) in [4.78, 5) is 37.9. The van der Waals surface area contributed by atoms with E-state index in [1.54, 1.807) is 18.2 Å². The number of benzene rings is 3. The average Bonchev–Trinajstić information content (AvgIpc) is 3.47. The summed E-state index contributed by atoms with van der Waals surface area (Å²) in [6.45, 7) is -0.334. The molecule has 1 saturated heterocycles. The molecule has 0 N–H and O–H groups in total. The Morgan fingerprint density at radius 3 is 2.63 bits per heavy atom. The number of aromatic nitrogens is 4. The summed E-state index contributed by atoms with van der Waals surface area (Å²) in [5.74, 6) is -1.29. The molecule has 0 atom stereocenters. The van der Waals surface area contributed by atoms with Crippen molar-refractivity contribution in [3.8, 4) is 5.69 Å². The molecule has 10 nitrogen and oxygen atoms in total. The number of rotatable bonds is 7. The van der Waals surface area contributed by atoms with Crippen LogP contribution in [0.5, 0.6) is 0 Å². The van der Waals surface area contributed by atoms with Crippen molar-refractivity contribution in [3.05, 3.63) is 104 Å². The number of amides is 2. The van der Waals surface area contributed by atoms with Crippen LogP contribution in [0.3, 0.4) is 0 Å². The summed E-state index contributed by atoms with van der Waals surface area (Å²) >= 11 is 7.70. The molecule has 2 amide bonds. The Bertz CT molecular complexity index is 1590. The SMILES string of the molecule is O=C1S/C(=C\c2ccc(Sc3nnnn3-c3ccccc3)c([N+](=O)[O-])c2)C(=O)N1Cc1c(F)cccc1Cl. The van der Waals surface area contributed by atoms with Gasteiger partial charge in [-0.1, -0.05) is 41.9 Å². The largest absolute Gasteiger partial charge is 0.293 e. The molecule has 1 aliphatic heterocycles. The molecule has 5 rings (SSSR count). The Hall–Kier alpha value is -4.07. The Balaban J connectivity index is 1.40. The Kier molecular flexibility index (Phi) is 7.22. The zero-order valence-corrected chi connectivity index (χ0v) is 21.4. The second-order valence-electron chi connectivity index (χ2n) is 7.76. The molecule has 4 aromatic rings. The highest BCUT2D eigenvalue weighted by Gasteiger charge is 2.36. The molecule has 0 radical (unpaired) electrons. The van der Waals surface area contributed by atoms with Crippen LogP contribution in [-0.2, 0) is 11.3 Å². The van der Waals surface area contributed by atoms with Crippen LogP contribution in [0.2, 0.25) is 5.02 Å². The third kappa shape index (κ3) is 5.16. The van der Waals surface area contributed by atoms with Crippen molar-refractivity contribution in [2.24, 2.45) is 0 Å². The summed E-state index contributed by atoms with van der Waals surface area (Å²) in [7, 11) is 0. The normalized spacial score (nSPS) is 14.5. The highest BCUT2D eigenvalue weighted by atomic mass is 35.5. The fourth-order valence-electron chi connectivity index (χ4n) is 3.55. The lowest BCUT2D eigenvalue weighted by Crippen LogP contribution is -2.28. The van der Waals surface area contributed by atoms with E-state index in [1.807, 2.05) is 18.2 Å². The van der Waals surface area contributed by atoms with E-state index in [0.717, 1.165) is 16.7 Å². The van der Waals surface area contributed by atoms with Gasteiger partial charge in [0, 0.05) is 16.7 Å². The molecule has 1 aliphatic rings. The van der Waals surface area contributed by atoms with E-state index >= 15 is 0 Å². The maximum atomic E-state index is 14.2. The van der Waals surface area contributed by atoms with E-state index in [2.05, 4.69) is 15.5 Å². The molecule has 0 aliphatic carbocycles. The number of carbonyl (C=O) groups is 2. The lowest BCUT2D eigenvalue weighted by Gasteiger charge is -2.14. The lowest BCUT2D eigenvalue weighted by molar-refractivity contribution is -0.387. The van der Waals surface area contributed by atoms with Crippen molar-refractivity contribution in [1.29, 1.82) is 0 Å². The van der Waals surface area contributed by atoms with Crippen molar-refractivity contribution >= 4 is 58.0 Å². The number of halogens is 2. The maximum Gasteiger partial charge on any atom is 0.293 e. The Morgan fingerprint density at radius 2 is 1.89 bits per heavy atom. The molecular weight excluding hydrogens is 555 g/mol. The van der Waals surface area contributed by atoms with Crippen LogP contribution in [0.1, 0.15) is 11.1 Å². The van der Waals surface area contributed by atoms with E-state index in [4.69, 9.17) is 11.6 Å². The summed E-state index contributed by atoms with van der Waals surface area (Å²) in [6, 6.07) is 17.5. The third-order valence-electron chi connectivity index (χ3n) is 5.37. The van der Waals surface area contributed by atoms with Crippen molar-refractivity contribution < 1.29 is 18.9 Å². The summed E-state index contributed by atoms with van der Waals surface area (Å²) < 4.78 is 15.6. The number of para-hydroxylation sites is 1. The monoisotopic (exact) mass is 568 g/mol. The molecule has 190 valence electrons. The second kappa shape index (κ2) is 10.7. The van der Waals surface area contributed by atoms with Gasteiger partial charge in [-0.3, -0.25) is 24.6 Å². The summed E-state index contributed by atoms with van der Waals surface area (Å²) in [5.41, 5.74) is 0.807. The van der Waals surface area contributed by atoms with Gasteiger partial charge in [-0.05, 0) is 75.9 Å². The fraction of sp³-hybridized carbons (Fsp3) is 0.0417.